The second kappa shape index (κ2) is 16.0. The van der Waals surface area contributed by atoms with Gasteiger partial charge in [-0.1, -0.05) is 91.0 Å². The van der Waals surface area contributed by atoms with Gasteiger partial charge in [0.1, 0.15) is 13.2 Å². The lowest BCUT2D eigenvalue weighted by molar-refractivity contribution is -0.121. The molecular formula is C39H37NO7. The molecule has 8 nitrogen and oxygen atoms in total. The fourth-order valence-corrected chi connectivity index (χ4v) is 5.10. The van der Waals surface area contributed by atoms with Crippen molar-refractivity contribution in [3.05, 3.63) is 149 Å². The summed E-state index contributed by atoms with van der Waals surface area (Å²) in [5.74, 6) is -0.286. The molecule has 0 spiro atoms. The summed E-state index contributed by atoms with van der Waals surface area (Å²) in [6.07, 6.45) is 0.572. The lowest BCUT2D eigenvalue weighted by Gasteiger charge is -2.19. The fourth-order valence-electron chi connectivity index (χ4n) is 5.10. The van der Waals surface area contributed by atoms with Crippen LogP contribution in [0.15, 0.2) is 121 Å². The number of hydrogen-bond acceptors (Lipinski definition) is 7. The monoisotopic (exact) mass is 631 g/mol. The minimum absolute atomic E-state index is 0.0382. The van der Waals surface area contributed by atoms with Crippen LogP contribution < -0.4 is 19.5 Å². The highest BCUT2D eigenvalue weighted by atomic mass is 16.5. The maximum Gasteiger partial charge on any atom is 0.220 e. The van der Waals surface area contributed by atoms with Crippen LogP contribution in [0.25, 0.3) is 0 Å². The molecule has 0 fully saturated rings. The number of hydrogen-bond donors (Lipinski definition) is 3. The molecule has 0 heterocycles. The van der Waals surface area contributed by atoms with Crippen LogP contribution >= 0.6 is 0 Å². The number of aryl methyl sites for hydroxylation is 1. The first-order chi connectivity index (χ1) is 22.9. The van der Waals surface area contributed by atoms with Crippen molar-refractivity contribution in [2.45, 2.75) is 38.5 Å². The highest BCUT2D eigenvalue weighted by Gasteiger charge is 2.24. The Bertz CT molecular complexity index is 1780. The Balaban J connectivity index is 1.27. The zero-order valence-corrected chi connectivity index (χ0v) is 26.1. The van der Waals surface area contributed by atoms with Gasteiger partial charge in [-0.2, -0.15) is 0 Å². The summed E-state index contributed by atoms with van der Waals surface area (Å²) >= 11 is 0. The van der Waals surface area contributed by atoms with Gasteiger partial charge < -0.3 is 29.7 Å². The Morgan fingerprint density at radius 2 is 1.23 bits per heavy atom. The van der Waals surface area contributed by atoms with Crippen LogP contribution in [0.3, 0.4) is 0 Å². The van der Waals surface area contributed by atoms with E-state index in [2.05, 4.69) is 5.32 Å². The molecule has 5 rings (SSSR count). The number of rotatable bonds is 15. The van der Waals surface area contributed by atoms with Gasteiger partial charge in [-0.05, 0) is 59.0 Å². The number of carbonyl (C=O) groups is 2. The van der Waals surface area contributed by atoms with Crippen molar-refractivity contribution >= 4 is 11.7 Å². The Hall–Kier alpha value is -5.76. The van der Waals surface area contributed by atoms with E-state index in [0.717, 1.165) is 16.7 Å². The van der Waals surface area contributed by atoms with Crippen LogP contribution in [0.5, 0.6) is 28.7 Å². The molecule has 0 saturated carbocycles. The largest absolute Gasteiger partial charge is 0.504 e. The summed E-state index contributed by atoms with van der Waals surface area (Å²) in [4.78, 5) is 27.1. The number of amides is 1. The number of benzene rings is 5. The van der Waals surface area contributed by atoms with E-state index in [1.165, 1.54) is 13.2 Å². The predicted molar refractivity (Wildman–Crippen MR) is 179 cm³/mol. The highest BCUT2D eigenvalue weighted by Crippen LogP contribution is 2.37. The van der Waals surface area contributed by atoms with Gasteiger partial charge >= 0.3 is 0 Å². The molecule has 0 bridgehead atoms. The molecule has 0 aliphatic heterocycles. The average molecular weight is 632 g/mol. The third kappa shape index (κ3) is 9.14. The topological polar surface area (TPSA) is 114 Å². The van der Waals surface area contributed by atoms with Gasteiger partial charge in [0.15, 0.2) is 28.8 Å². The number of ether oxygens (including phenoxy) is 3. The number of aromatic hydroxyl groups is 2. The number of phenolic OH excluding ortho intramolecular Hbond substituents is 2. The van der Waals surface area contributed by atoms with Crippen molar-refractivity contribution in [2.24, 2.45) is 0 Å². The molecular weight excluding hydrogens is 594 g/mol. The molecule has 0 unspecified atom stereocenters. The summed E-state index contributed by atoms with van der Waals surface area (Å²) in [7, 11) is 1.52. The normalized spacial score (nSPS) is 11.3. The number of methoxy groups -OCH3 is 1. The smallest absolute Gasteiger partial charge is 0.220 e. The number of Topliss-reactive ketones (excluding diaryl/α,β-unsaturated/α-hetero) is 1. The van der Waals surface area contributed by atoms with Gasteiger partial charge in [0, 0.05) is 18.4 Å². The van der Waals surface area contributed by atoms with Crippen LogP contribution in [0, 0.1) is 0 Å². The first-order valence-corrected chi connectivity index (χ1v) is 15.3. The van der Waals surface area contributed by atoms with E-state index >= 15 is 0 Å². The van der Waals surface area contributed by atoms with Gasteiger partial charge in [-0.3, -0.25) is 9.59 Å². The van der Waals surface area contributed by atoms with E-state index in [1.807, 2.05) is 91.0 Å². The molecule has 0 radical (unpaired) electrons. The second-order valence-corrected chi connectivity index (χ2v) is 11.0. The van der Waals surface area contributed by atoms with E-state index in [4.69, 9.17) is 14.2 Å². The maximum atomic E-state index is 13.8. The van der Waals surface area contributed by atoms with E-state index < -0.39 is 6.04 Å². The molecule has 0 aromatic heterocycles. The predicted octanol–water partition coefficient (Wildman–Crippen LogP) is 6.81. The van der Waals surface area contributed by atoms with Crippen LogP contribution in [-0.4, -0.2) is 35.1 Å². The van der Waals surface area contributed by atoms with Crippen LogP contribution in [-0.2, 0) is 30.8 Å². The fraction of sp³-hybridized carbons (Fsp3) is 0.179. The molecule has 5 aromatic carbocycles. The average Bonchev–Trinajstić information content (AvgIpc) is 3.11. The zero-order chi connectivity index (χ0) is 33.0. The van der Waals surface area contributed by atoms with Gasteiger partial charge in [-0.15, -0.1) is 0 Å². The van der Waals surface area contributed by atoms with Crippen molar-refractivity contribution < 1.29 is 34.0 Å². The van der Waals surface area contributed by atoms with E-state index in [0.29, 0.717) is 29.2 Å². The van der Waals surface area contributed by atoms with E-state index in [-0.39, 0.29) is 54.8 Å². The van der Waals surface area contributed by atoms with E-state index in [1.54, 1.807) is 24.3 Å². The Morgan fingerprint density at radius 1 is 0.660 bits per heavy atom. The summed E-state index contributed by atoms with van der Waals surface area (Å²) in [6.45, 7) is 0.544. The molecule has 0 aliphatic rings. The molecule has 0 saturated heterocycles. The van der Waals surface area contributed by atoms with Gasteiger partial charge in [0.05, 0.1) is 13.2 Å². The summed E-state index contributed by atoms with van der Waals surface area (Å²) in [6, 6.07) is 35.8. The number of ketones is 1. The maximum absolute atomic E-state index is 13.8. The van der Waals surface area contributed by atoms with Crippen molar-refractivity contribution in [3.63, 3.8) is 0 Å². The quantitative estimate of drug-likeness (QED) is 0.0860. The van der Waals surface area contributed by atoms with Crippen LogP contribution in [0.1, 0.15) is 39.0 Å². The third-order valence-electron chi connectivity index (χ3n) is 7.61. The van der Waals surface area contributed by atoms with E-state index in [9.17, 15) is 19.8 Å². The molecule has 5 aromatic rings. The Kier molecular flexibility index (Phi) is 11.1. The van der Waals surface area contributed by atoms with Gasteiger partial charge in [-0.25, -0.2) is 0 Å². The third-order valence-corrected chi connectivity index (χ3v) is 7.61. The summed E-state index contributed by atoms with van der Waals surface area (Å²) in [5.41, 5.74) is 3.76. The van der Waals surface area contributed by atoms with Crippen molar-refractivity contribution in [1.29, 1.82) is 0 Å². The summed E-state index contributed by atoms with van der Waals surface area (Å²) < 4.78 is 17.3. The molecule has 3 N–H and O–H groups in total. The number of nitrogens with one attached hydrogen (secondary N) is 1. The first kappa shape index (κ1) is 32.6. The first-order valence-electron chi connectivity index (χ1n) is 15.3. The van der Waals surface area contributed by atoms with Crippen LogP contribution in [0.2, 0.25) is 0 Å². The Labute approximate surface area is 274 Å². The zero-order valence-electron chi connectivity index (χ0n) is 26.1. The number of phenols is 2. The molecule has 0 aliphatic carbocycles. The summed E-state index contributed by atoms with van der Waals surface area (Å²) in [5, 5.41) is 23.6. The second-order valence-electron chi connectivity index (χ2n) is 11.0. The van der Waals surface area contributed by atoms with Crippen molar-refractivity contribution in [3.8, 4) is 28.7 Å². The molecule has 8 heteroatoms. The lowest BCUT2D eigenvalue weighted by Crippen LogP contribution is -2.42. The van der Waals surface area contributed by atoms with Gasteiger partial charge in [0.25, 0.3) is 0 Å². The molecule has 240 valence electrons. The van der Waals surface area contributed by atoms with Gasteiger partial charge in [0.2, 0.25) is 11.7 Å². The minimum Gasteiger partial charge on any atom is -0.504 e. The van der Waals surface area contributed by atoms with Crippen molar-refractivity contribution in [2.75, 3.05) is 7.11 Å². The Morgan fingerprint density at radius 3 is 1.83 bits per heavy atom. The molecule has 1 amide bonds. The highest BCUT2D eigenvalue weighted by molar-refractivity contribution is 6.02. The minimum atomic E-state index is -0.844. The molecule has 1 atom stereocenters. The lowest BCUT2D eigenvalue weighted by atomic mass is 9.96. The molecule has 47 heavy (non-hydrogen) atoms. The standard InChI is InChI=1S/C39H37NO7/c1-45-35-24-31(18-19-34(35)46-25-28-13-7-3-8-14-28)38(43)32(21-27-11-5-2-6-12-27)40-37(42)20-17-30-22-33(41)39(44)36(23-30)47-26-29-15-9-4-10-16-29/h2-16,18-19,22-24,32,41,44H,17,20-21,25-26H2,1H3,(H,40,42)/t32-/m1/s1. The SMILES string of the molecule is COc1cc(C(=O)[C@@H](Cc2ccccc2)NC(=O)CCc2cc(O)c(O)c(OCc3ccccc3)c2)ccc1OCc1ccccc1. The van der Waals surface area contributed by atoms with Crippen LogP contribution in [0.4, 0.5) is 0 Å². The van der Waals surface area contributed by atoms with Crippen molar-refractivity contribution in [1.82, 2.24) is 5.32 Å². The number of carbonyl (C=O) groups excluding carboxylic acids is 2.